The summed E-state index contributed by atoms with van der Waals surface area (Å²) in [5.74, 6) is -0.812. The summed E-state index contributed by atoms with van der Waals surface area (Å²) < 4.78 is 0. The van der Waals surface area contributed by atoms with Gasteiger partial charge in [0.1, 0.15) is 6.29 Å². The summed E-state index contributed by atoms with van der Waals surface area (Å²) in [5, 5.41) is 8.77. The number of Topliss-reactive ketones (excluding diaryl/α,β-unsaturated/α-hetero) is 1. The minimum absolute atomic E-state index is 0.00836. The van der Waals surface area contributed by atoms with Crippen molar-refractivity contribution in [1.29, 1.82) is 0 Å². The molecule has 10 nitrogen and oxygen atoms in total. The first-order valence-corrected chi connectivity index (χ1v) is 12.7. The lowest BCUT2D eigenvalue weighted by atomic mass is 9.76. The fraction of sp³-hybridized carbons (Fsp3) is 0.792. The maximum absolute atomic E-state index is 13.1. The molecule has 190 valence electrons. The number of carbonyl (C=O) groups excluding carboxylic acids is 5. The summed E-state index contributed by atoms with van der Waals surface area (Å²) in [4.78, 5) is 64.7. The van der Waals surface area contributed by atoms with E-state index in [1.807, 2.05) is 0 Å². The van der Waals surface area contributed by atoms with Crippen LogP contribution < -0.4 is 16.0 Å². The standard InChI is InChI=1S/C24H39N5O5/c1-18(31)28-11-13-29(14-12-28)23(34)27-24(9-5-2-6-10-24)21(17-30)25-16-20(32)22(33)26-15-19-7-3-4-8-19/h17,19,21,25H,2-16H2,1H3,(H,26,33)(H,27,34). The summed E-state index contributed by atoms with van der Waals surface area (Å²) in [7, 11) is 0. The van der Waals surface area contributed by atoms with Crippen molar-refractivity contribution < 1.29 is 24.0 Å². The van der Waals surface area contributed by atoms with Crippen LogP contribution in [0.5, 0.6) is 0 Å². The van der Waals surface area contributed by atoms with Gasteiger partial charge < -0.3 is 25.2 Å². The molecule has 3 aliphatic rings. The number of rotatable bonds is 9. The molecule has 1 atom stereocenters. The average Bonchev–Trinajstić information content (AvgIpc) is 3.37. The SMILES string of the molecule is CC(=O)N1CCN(C(=O)NC2(C(C=O)NCC(=O)C(=O)NCC3CCCC3)CCCCC2)CC1. The van der Waals surface area contributed by atoms with E-state index in [9.17, 15) is 24.0 Å². The molecule has 0 bridgehead atoms. The summed E-state index contributed by atoms with van der Waals surface area (Å²) in [5.41, 5.74) is -0.810. The van der Waals surface area contributed by atoms with Gasteiger partial charge in [-0.3, -0.25) is 19.7 Å². The van der Waals surface area contributed by atoms with Gasteiger partial charge >= 0.3 is 6.03 Å². The van der Waals surface area contributed by atoms with E-state index in [1.54, 1.807) is 9.80 Å². The highest BCUT2D eigenvalue weighted by Gasteiger charge is 2.42. The third-order valence-electron chi connectivity index (χ3n) is 7.61. The maximum atomic E-state index is 13.1. The van der Waals surface area contributed by atoms with E-state index in [0.29, 0.717) is 51.5 Å². The highest BCUT2D eigenvalue weighted by atomic mass is 16.2. The minimum Gasteiger partial charge on any atom is -0.349 e. The number of nitrogens with one attached hydrogen (secondary N) is 3. The Labute approximate surface area is 201 Å². The van der Waals surface area contributed by atoms with E-state index in [0.717, 1.165) is 51.2 Å². The highest BCUT2D eigenvalue weighted by Crippen LogP contribution is 2.31. The number of aldehydes is 1. The molecule has 1 saturated heterocycles. The van der Waals surface area contributed by atoms with E-state index >= 15 is 0 Å². The van der Waals surface area contributed by atoms with E-state index in [-0.39, 0.29) is 18.5 Å². The molecular formula is C24H39N5O5. The molecule has 0 aromatic carbocycles. The Morgan fingerprint density at radius 3 is 2.15 bits per heavy atom. The van der Waals surface area contributed by atoms with E-state index in [2.05, 4.69) is 16.0 Å². The first-order valence-electron chi connectivity index (χ1n) is 12.7. The molecule has 1 unspecified atom stereocenters. The number of ketones is 1. The second kappa shape index (κ2) is 12.3. The summed E-state index contributed by atoms with van der Waals surface area (Å²) in [6.07, 6.45) is 9.19. The van der Waals surface area contributed by atoms with Crippen LogP contribution in [0.3, 0.4) is 0 Å². The Hall–Kier alpha value is -2.49. The smallest absolute Gasteiger partial charge is 0.318 e. The zero-order chi connectivity index (χ0) is 24.6. The fourth-order valence-electron chi connectivity index (χ4n) is 5.42. The number of hydrogen-bond donors (Lipinski definition) is 3. The lowest BCUT2D eigenvalue weighted by Gasteiger charge is -2.44. The molecule has 34 heavy (non-hydrogen) atoms. The third-order valence-corrected chi connectivity index (χ3v) is 7.61. The van der Waals surface area contributed by atoms with Crippen molar-refractivity contribution in [2.45, 2.75) is 76.3 Å². The molecule has 10 heteroatoms. The van der Waals surface area contributed by atoms with Crippen LogP contribution in [0.1, 0.15) is 64.7 Å². The van der Waals surface area contributed by atoms with E-state index in [4.69, 9.17) is 0 Å². The van der Waals surface area contributed by atoms with Gasteiger partial charge in [-0.15, -0.1) is 0 Å². The number of urea groups is 1. The number of carbonyl (C=O) groups is 5. The van der Waals surface area contributed by atoms with Crippen molar-refractivity contribution in [2.24, 2.45) is 5.92 Å². The van der Waals surface area contributed by atoms with Crippen molar-refractivity contribution in [1.82, 2.24) is 25.8 Å². The normalized spacial score (nSPS) is 21.6. The van der Waals surface area contributed by atoms with Crippen molar-refractivity contribution in [3.8, 4) is 0 Å². The van der Waals surface area contributed by atoms with E-state index in [1.165, 1.54) is 6.92 Å². The quantitative estimate of drug-likeness (QED) is 0.330. The van der Waals surface area contributed by atoms with Crippen LogP contribution in [0.2, 0.25) is 0 Å². The molecule has 0 aromatic heterocycles. The Bertz CT molecular complexity index is 753. The predicted octanol–water partition coefficient (Wildman–Crippen LogP) is 0.596. The molecule has 1 heterocycles. The monoisotopic (exact) mass is 477 g/mol. The van der Waals surface area contributed by atoms with Gasteiger partial charge in [-0.05, 0) is 31.6 Å². The van der Waals surface area contributed by atoms with Crippen molar-refractivity contribution >= 4 is 29.9 Å². The molecule has 0 radical (unpaired) electrons. The first kappa shape index (κ1) is 26.1. The van der Waals surface area contributed by atoms with Crippen LogP contribution >= 0.6 is 0 Å². The molecular weight excluding hydrogens is 438 g/mol. The van der Waals surface area contributed by atoms with Crippen molar-refractivity contribution in [2.75, 3.05) is 39.3 Å². The number of piperazine rings is 1. The van der Waals surface area contributed by atoms with Gasteiger partial charge in [0.25, 0.3) is 5.91 Å². The Balaban J connectivity index is 1.55. The molecule has 1 aliphatic heterocycles. The van der Waals surface area contributed by atoms with Crippen LogP contribution in [0.4, 0.5) is 4.79 Å². The maximum Gasteiger partial charge on any atom is 0.318 e. The highest BCUT2D eigenvalue weighted by molar-refractivity contribution is 6.37. The minimum atomic E-state index is -0.810. The Kier molecular flexibility index (Phi) is 9.44. The van der Waals surface area contributed by atoms with Gasteiger partial charge in [0.05, 0.1) is 18.1 Å². The molecule has 4 amide bonds. The van der Waals surface area contributed by atoms with Gasteiger partial charge in [-0.2, -0.15) is 0 Å². The molecule has 2 saturated carbocycles. The number of amides is 4. The lowest BCUT2D eigenvalue weighted by Crippen LogP contribution is -2.66. The second-order valence-corrected chi connectivity index (χ2v) is 9.92. The van der Waals surface area contributed by atoms with Crippen LogP contribution in [-0.2, 0) is 19.2 Å². The predicted molar refractivity (Wildman–Crippen MR) is 126 cm³/mol. The number of nitrogens with zero attached hydrogens (tertiary/aromatic N) is 2. The van der Waals surface area contributed by atoms with Gasteiger partial charge in [-0.25, -0.2) is 4.79 Å². The molecule has 3 rings (SSSR count). The second-order valence-electron chi connectivity index (χ2n) is 9.92. The molecule has 0 spiro atoms. The van der Waals surface area contributed by atoms with Gasteiger partial charge in [0, 0.05) is 39.6 Å². The van der Waals surface area contributed by atoms with Crippen LogP contribution in [0, 0.1) is 5.92 Å². The zero-order valence-corrected chi connectivity index (χ0v) is 20.3. The van der Waals surface area contributed by atoms with Gasteiger partial charge in [-0.1, -0.05) is 32.1 Å². The largest absolute Gasteiger partial charge is 0.349 e. The van der Waals surface area contributed by atoms with Crippen molar-refractivity contribution in [3.63, 3.8) is 0 Å². The fourth-order valence-corrected chi connectivity index (χ4v) is 5.42. The van der Waals surface area contributed by atoms with Crippen LogP contribution in [-0.4, -0.2) is 90.6 Å². The Morgan fingerprint density at radius 2 is 1.56 bits per heavy atom. The molecule has 3 fully saturated rings. The molecule has 2 aliphatic carbocycles. The summed E-state index contributed by atoms with van der Waals surface area (Å²) in [6.45, 7) is 3.60. The Morgan fingerprint density at radius 1 is 0.941 bits per heavy atom. The first-order chi connectivity index (χ1) is 16.3. The summed E-state index contributed by atoms with van der Waals surface area (Å²) in [6, 6.07) is -1.04. The van der Waals surface area contributed by atoms with E-state index < -0.39 is 23.3 Å². The van der Waals surface area contributed by atoms with Gasteiger partial charge in [0.2, 0.25) is 11.7 Å². The van der Waals surface area contributed by atoms with Crippen molar-refractivity contribution in [3.05, 3.63) is 0 Å². The third kappa shape index (κ3) is 6.77. The van der Waals surface area contributed by atoms with Crippen LogP contribution in [0.25, 0.3) is 0 Å². The average molecular weight is 478 g/mol. The topological polar surface area (TPSA) is 128 Å². The molecule has 3 N–H and O–H groups in total. The summed E-state index contributed by atoms with van der Waals surface area (Å²) >= 11 is 0. The lowest BCUT2D eigenvalue weighted by molar-refractivity contribution is -0.137. The van der Waals surface area contributed by atoms with Crippen LogP contribution in [0.15, 0.2) is 0 Å². The number of hydrogen-bond acceptors (Lipinski definition) is 6. The molecule has 0 aromatic rings. The van der Waals surface area contributed by atoms with Gasteiger partial charge in [0.15, 0.2) is 0 Å². The zero-order valence-electron chi connectivity index (χ0n) is 20.3.